The quantitative estimate of drug-likeness (QED) is 0.0172. The van der Waals surface area contributed by atoms with E-state index in [-0.39, 0.29) is 19.6 Å². The lowest BCUT2D eigenvalue weighted by Gasteiger charge is -2.42. The number of carbonyl (C=O) groups excluding carboxylic acids is 1. The van der Waals surface area contributed by atoms with Gasteiger partial charge >= 0.3 is 5.97 Å². The van der Waals surface area contributed by atoms with Crippen LogP contribution in [0.25, 0.3) is 0 Å². The Labute approximate surface area is 440 Å². The van der Waals surface area contributed by atoms with E-state index in [0.717, 1.165) is 64.2 Å². The Hall–Kier alpha value is -2.57. The van der Waals surface area contributed by atoms with Crippen LogP contribution >= 0.6 is 0 Å². The van der Waals surface area contributed by atoms with Crippen molar-refractivity contribution in [2.45, 2.75) is 261 Å². The molecular formula is C59H102O14. The molecule has 0 aliphatic carbocycles. The van der Waals surface area contributed by atoms with Crippen molar-refractivity contribution >= 4 is 5.97 Å². The molecule has 7 N–H and O–H groups in total. The van der Waals surface area contributed by atoms with Crippen LogP contribution in [0.5, 0.6) is 0 Å². The zero-order chi connectivity index (χ0) is 53.0. The van der Waals surface area contributed by atoms with Gasteiger partial charge in [-0.15, -0.1) is 0 Å². The standard InChI is InChI=1S/C59H102O14/c1-3-5-7-9-11-13-15-17-19-20-21-22-23-24-25-26-27-28-29-30-32-34-36-38-40-42-51(61)71-48(45-68-43-41-39-37-35-33-31-18-16-14-12-10-8-6-4-2)46-69-58-57(67)55(65)53(63)50(73-58)47-70-59-56(66)54(64)52(62)49(44-60)72-59/h6,8,12,14-15,17-18,20-21,31,35,37,48-50,52-60,62-67H,3-5,7,9-11,13,16,19,22-30,32-34,36,38-47H2,1-2H3/b8-6-,14-12-,17-15-,21-20-,31-18-,37-35-. The van der Waals surface area contributed by atoms with Crippen LogP contribution in [0.4, 0.5) is 0 Å². The molecule has 0 amide bonds. The van der Waals surface area contributed by atoms with Crippen LogP contribution in [0.2, 0.25) is 0 Å². The molecule has 422 valence electrons. The monoisotopic (exact) mass is 1030 g/mol. The van der Waals surface area contributed by atoms with Gasteiger partial charge in [-0.1, -0.05) is 183 Å². The predicted octanol–water partition coefficient (Wildman–Crippen LogP) is 9.86. The molecule has 73 heavy (non-hydrogen) atoms. The van der Waals surface area contributed by atoms with Crippen LogP contribution in [0, 0.1) is 0 Å². The van der Waals surface area contributed by atoms with E-state index in [1.54, 1.807) is 0 Å². The summed E-state index contributed by atoms with van der Waals surface area (Å²) in [4.78, 5) is 13.1. The first-order chi connectivity index (χ1) is 35.6. The van der Waals surface area contributed by atoms with Gasteiger partial charge in [0.2, 0.25) is 0 Å². The molecule has 0 bridgehead atoms. The Kier molecular flexibility index (Phi) is 41.6. The average molecular weight is 1040 g/mol. The van der Waals surface area contributed by atoms with Crippen molar-refractivity contribution in [3.63, 3.8) is 0 Å². The number of allylic oxidation sites excluding steroid dienone is 12. The second kappa shape index (κ2) is 45.6. The number of rotatable bonds is 45. The lowest BCUT2D eigenvalue weighted by atomic mass is 9.98. The van der Waals surface area contributed by atoms with Crippen LogP contribution < -0.4 is 0 Å². The van der Waals surface area contributed by atoms with Crippen molar-refractivity contribution in [3.8, 4) is 0 Å². The number of hydrogen-bond donors (Lipinski definition) is 7. The van der Waals surface area contributed by atoms with Gasteiger partial charge in [0, 0.05) is 13.0 Å². The highest BCUT2D eigenvalue weighted by atomic mass is 16.7. The zero-order valence-electron chi connectivity index (χ0n) is 45.1. The number of aliphatic hydroxyl groups excluding tert-OH is 7. The van der Waals surface area contributed by atoms with Crippen molar-refractivity contribution in [3.05, 3.63) is 72.9 Å². The smallest absolute Gasteiger partial charge is 0.306 e. The van der Waals surface area contributed by atoms with Crippen molar-refractivity contribution < 1.29 is 69.0 Å². The first kappa shape index (κ1) is 66.5. The van der Waals surface area contributed by atoms with Gasteiger partial charge < -0.3 is 64.2 Å². The third kappa shape index (κ3) is 32.6. The van der Waals surface area contributed by atoms with Crippen LogP contribution in [0.1, 0.15) is 194 Å². The number of unbranched alkanes of at least 4 members (excludes halogenated alkanes) is 19. The summed E-state index contributed by atoms with van der Waals surface area (Å²) in [5.41, 5.74) is 0. The Balaban J connectivity index is 1.71. The summed E-state index contributed by atoms with van der Waals surface area (Å²) in [6.45, 7) is 3.41. The van der Waals surface area contributed by atoms with Crippen molar-refractivity contribution in [1.29, 1.82) is 0 Å². The van der Waals surface area contributed by atoms with Gasteiger partial charge in [0.15, 0.2) is 12.6 Å². The van der Waals surface area contributed by atoms with E-state index in [0.29, 0.717) is 13.0 Å². The van der Waals surface area contributed by atoms with Crippen LogP contribution in [-0.4, -0.2) is 142 Å². The molecule has 2 heterocycles. The van der Waals surface area contributed by atoms with Gasteiger partial charge in [-0.05, 0) is 77.0 Å². The molecule has 2 rings (SSSR count). The van der Waals surface area contributed by atoms with Crippen LogP contribution in [0.15, 0.2) is 72.9 Å². The van der Waals surface area contributed by atoms with Crippen LogP contribution in [-0.2, 0) is 33.2 Å². The number of carbonyl (C=O) groups is 1. The molecular weight excluding hydrogens is 933 g/mol. The van der Waals surface area contributed by atoms with Gasteiger partial charge in [0.05, 0.1) is 26.4 Å². The fourth-order valence-electron chi connectivity index (χ4n) is 8.61. The molecule has 11 atom stereocenters. The molecule has 14 heteroatoms. The molecule has 0 radical (unpaired) electrons. The Morgan fingerprint density at radius 2 is 0.890 bits per heavy atom. The van der Waals surface area contributed by atoms with Gasteiger partial charge in [-0.25, -0.2) is 0 Å². The molecule has 0 saturated carbocycles. The molecule has 0 aromatic heterocycles. The molecule has 0 aromatic rings. The lowest BCUT2D eigenvalue weighted by molar-refractivity contribution is -0.332. The first-order valence-corrected chi connectivity index (χ1v) is 28.5. The molecule has 0 spiro atoms. The lowest BCUT2D eigenvalue weighted by Crippen LogP contribution is -2.61. The highest BCUT2D eigenvalue weighted by molar-refractivity contribution is 5.69. The van der Waals surface area contributed by atoms with E-state index in [1.165, 1.54) is 103 Å². The highest BCUT2D eigenvalue weighted by Gasteiger charge is 2.47. The number of aliphatic hydroxyl groups is 7. The summed E-state index contributed by atoms with van der Waals surface area (Å²) in [6, 6.07) is 0. The molecule has 0 aromatic carbocycles. The summed E-state index contributed by atoms with van der Waals surface area (Å²) in [6.07, 6.45) is 41.3. The highest BCUT2D eigenvalue weighted by Crippen LogP contribution is 2.26. The van der Waals surface area contributed by atoms with Crippen LogP contribution in [0.3, 0.4) is 0 Å². The van der Waals surface area contributed by atoms with Crippen molar-refractivity contribution in [2.75, 3.05) is 33.0 Å². The second-order valence-electron chi connectivity index (χ2n) is 19.7. The maximum absolute atomic E-state index is 13.1. The van der Waals surface area contributed by atoms with Gasteiger partial charge in [-0.2, -0.15) is 0 Å². The number of hydrogen-bond acceptors (Lipinski definition) is 14. The fraction of sp³-hybridized carbons (Fsp3) is 0.780. The number of ether oxygens (including phenoxy) is 6. The Morgan fingerprint density at radius 1 is 0.466 bits per heavy atom. The molecule has 11 unspecified atom stereocenters. The van der Waals surface area contributed by atoms with E-state index in [9.17, 15) is 40.5 Å². The third-order valence-electron chi connectivity index (χ3n) is 13.2. The SMILES string of the molecule is CC/C=C\C/C=C\C/C=C\C/C=C\CCCOCC(COC1OC(COC2OC(CO)C(O)C(O)C2O)C(O)C(O)C1O)OC(=O)CCCCCCCCCCCCCCC/C=C\C/C=C\CCCCCCC. The third-order valence-corrected chi connectivity index (χ3v) is 13.2. The summed E-state index contributed by atoms with van der Waals surface area (Å²) in [7, 11) is 0. The largest absolute Gasteiger partial charge is 0.457 e. The van der Waals surface area contributed by atoms with E-state index in [2.05, 4.69) is 86.8 Å². The minimum atomic E-state index is -1.72. The summed E-state index contributed by atoms with van der Waals surface area (Å²) in [5.74, 6) is -0.397. The van der Waals surface area contributed by atoms with Gasteiger partial charge in [0.1, 0.15) is 54.9 Å². The van der Waals surface area contributed by atoms with E-state index < -0.39 is 86.7 Å². The van der Waals surface area contributed by atoms with Gasteiger partial charge in [-0.3, -0.25) is 4.79 Å². The molecule has 2 aliphatic heterocycles. The Bertz CT molecular complexity index is 1480. The zero-order valence-corrected chi connectivity index (χ0v) is 45.1. The van der Waals surface area contributed by atoms with Crippen molar-refractivity contribution in [2.24, 2.45) is 0 Å². The average Bonchev–Trinajstić information content (AvgIpc) is 3.39. The van der Waals surface area contributed by atoms with E-state index >= 15 is 0 Å². The fourth-order valence-corrected chi connectivity index (χ4v) is 8.61. The summed E-state index contributed by atoms with van der Waals surface area (Å²) in [5, 5.41) is 72.2. The second-order valence-corrected chi connectivity index (χ2v) is 19.7. The predicted molar refractivity (Wildman–Crippen MR) is 289 cm³/mol. The van der Waals surface area contributed by atoms with Crippen molar-refractivity contribution in [1.82, 2.24) is 0 Å². The maximum atomic E-state index is 13.1. The maximum Gasteiger partial charge on any atom is 0.306 e. The summed E-state index contributed by atoms with van der Waals surface area (Å²) >= 11 is 0. The van der Waals surface area contributed by atoms with Gasteiger partial charge in [0.25, 0.3) is 0 Å². The molecule has 14 nitrogen and oxygen atoms in total. The Morgan fingerprint density at radius 3 is 1.40 bits per heavy atom. The molecule has 2 aliphatic rings. The number of esters is 1. The van der Waals surface area contributed by atoms with E-state index in [1.807, 2.05) is 0 Å². The minimum Gasteiger partial charge on any atom is -0.457 e. The minimum absolute atomic E-state index is 0.0207. The van der Waals surface area contributed by atoms with E-state index in [4.69, 9.17) is 28.4 Å². The normalized spacial score (nSPS) is 25.5. The topological polar surface area (TPSA) is 214 Å². The summed E-state index contributed by atoms with van der Waals surface area (Å²) < 4.78 is 34.2. The molecule has 2 fully saturated rings. The molecule has 2 saturated heterocycles. The first-order valence-electron chi connectivity index (χ1n) is 28.5.